The van der Waals surface area contributed by atoms with Crippen molar-refractivity contribution in [3.8, 4) is 0 Å². The van der Waals surface area contributed by atoms with Gasteiger partial charge in [-0.3, -0.25) is 9.89 Å². The number of aromatic amines is 1. The average molecular weight is 208 g/mol. The first-order chi connectivity index (χ1) is 7.34. The number of piperidine rings is 1. The first kappa shape index (κ1) is 10.2. The van der Waals surface area contributed by atoms with Crippen molar-refractivity contribution in [1.29, 1.82) is 0 Å². The molecule has 0 bridgehead atoms. The van der Waals surface area contributed by atoms with Crippen LogP contribution in [-0.2, 0) is 11.2 Å². The maximum Gasteiger partial charge on any atom is 0.226 e. The van der Waals surface area contributed by atoms with Crippen molar-refractivity contribution in [3.05, 3.63) is 18.0 Å². The topological polar surface area (TPSA) is 69.8 Å². The van der Waals surface area contributed by atoms with Crippen molar-refractivity contribution in [1.82, 2.24) is 20.8 Å². The quantitative estimate of drug-likeness (QED) is 0.645. The van der Waals surface area contributed by atoms with Gasteiger partial charge in [-0.15, -0.1) is 0 Å². The van der Waals surface area contributed by atoms with Gasteiger partial charge in [0.2, 0.25) is 5.91 Å². The third-order valence-electron chi connectivity index (χ3n) is 2.57. The third kappa shape index (κ3) is 3.06. The molecule has 0 saturated carbocycles. The molecule has 1 fully saturated rings. The zero-order valence-corrected chi connectivity index (χ0v) is 8.62. The predicted molar refractivity (Wildman–Crippen MR) is 56.3 cm³/mol. The summed E-state index contributed by atoms with van der Waals surface area (Å²) in [6, 6.07) is 2.10. The maximum atomic E-state index is 11.6. The lowest BCUT2D eigenvalue weighted by Gasteiger charge is -2.23. The molecule has 3 N–H and O–H groups in total. The SMILES string of the molecule is O=C(Cc1ccn[nH]1)N[C@H]1CCCNC1. The molecular formula is C10H16N4O. The normalized spacial score (nSPS) is 21.2. The van der Waals surface area contributed by atoms with Crippen LogP contribution < -0.4 is 10.6 Å². The lowest BCUT2D eigenvalue weighted by molar-refractivity contribution is -0.121. The summed E-state index contributed by atoms with van der Waals surface area (Å²) in [6.45, 7) is 1.95. The van der Waals surface area contributed by atoms with Gasteiger partial charge in [0.1, 0.15) is 0 Å². The molecule has 2 rings (SSSR count). The molecule has 0 aliphatic carbocycles. The Labute approximate surface area is 88.6 Å². The number of H-pyrrole nitrogens is 1. The Morgan fingerprint density at radius 2 is 2.60 bits per heavy atom. The van der Waals surface area contributed by atoms with Crippen LogP contribution in [0.25, 0.3) is 0 Å². The van der Waals surface area contributed by atoms with Crippen molar-refractivity contribution in [2.75, 3.05) is 13.1 Å². The van der Waals surface area contributed by atoms with E-state index in [1.165, 1.54) is 0 Å². The summed E-state index contributed by atoms with van der Waals surface area (Å²) in [6.07, 6.45) is 4.25. The van der Waals surface area contributed by atoms with Crippen LogP contribution in [-0.4, -0.2) is 35.2 Å². The van der Waals surface area contributed by atoms with Crippen molar-refractivity contribution < 1.29 is 4.79 Å². The van der Waals surface area contributed by atoms with Crippen LogP contribution in [0.2, 0.25) is 0 Å². The van der Waals surface area contributed by atoms with Gasteiger partial charge in [0.05, 0.1) is 6.42 Å². The summed E-state index contributed by atoms with van der Waals surface area (Å²) in [5.74, 6) is 0.0629. The number of amides is 1. The minimum atomic E-state index is 0.0629. The second kappa shape index (κ2) is 4.93. The summed E-state index contributed by atoms with van der Waals surface area (Å²) in [5.41, 5.74) is 0.858. The molecule has 1 atom stereocenters. The number of rotatable bonds is 3. The average Bonchev–Trinajstić information content (AvgIpc) is 2.71. The van der Waals surface area contributed by atoms with Gasteiger partial charge in [-0.2, -0.15) is 5.10 Å². The number of nitrogens with zero attached hydrogens (tertiary/aromatic N) is 1. The van der Waals surface area contributed by atoms with Crippen LogP contribution in [0.15, 0.2) is 12.3 Å². The molecule has 1 aromatic heterocycles. The van der Waals surface area contributed by atoms with Gasteiger partial charge in [0.15, 0.2) is 0 Å². The molecule has 2 heterocycles. The zero-order valence-electron chi connectivity index (χ0n) is 8.62. The number of hydrogen-bond acceptors (Lipinski definition) is 3. The minimum Gasteiger partial charge on any atom is -0.352 e. The van der Waals surface area contributed by atoms with Crippen LogP contribution in [0.5, 0.6) is 0 Å². The highest BCUT2D eigenvalue weighted by Crippen LogP contribution is 2.02. The van der Waals surface area contributed by atoms with E-state index in [1.807, 2.05) is 6.07 Å². The fraction of sp³-hybridized carbons (Fsp3) is 0.600. The van der Waals surface area contributed by atoms with Crippen molar-refractivity contribution in [3.63, 3.8) is 0 Å². The van der Waals surface area contributed by atoms with Gasteiger partial charge in [-0.1, -0.05) is 0 Å². The molecule has 1 aliphatic rings. The van der Waals surface area contributed by atoms with Crippen LogP contribution in [0, 0.1) is 0 Å². The molecule has 0 radical (unpaired) electrons. The Kier molecular flexibility index (Phi) is 3.34. The third-order valence-corrected chi connectivity index (χ3v) is 2.57. The Bertz CT molecular complexity index is 303. The Hall–Kier alpha value is -1.36. The Morgan fingerprint density at radius 3 is 3.27 bits per heavy atom. The van der Waals surface area contributed by atoms with Crippen molar-refractivity contribution in [2.24, 2.45) is 0 Å². The smallest absolute Gasteiger partial charge is 0.226 e. The van der Waals surface area contributed by atoms with Gasteiger partial charge in [-0.05, 0) is 25.5 Å². The van der Waals surface area contributed by atoms with Gasteiger partial charge in [0, 0.05) is 24.5 Å². The van der Waals surface area contributed by atoms with E-state index in [9.17, 15) is 4.79 Å². The monoisotopic (exact) mass is 208 g/mol. The van der Waals surface area contributed by atoms with Crippen LogP contribution >= 0.6 is 0 Å². The lowest BCUT2D eigenvalue weighted by Crippen LogP contribution is -2.46. The van der Waals surface area contributed by atoms with Crippen LogP contribution in [0.4, 0.5) is 0 Å². The van der Waals surface area contributed by atoms with E-state index in [0.717, 1.165) is 31.6 Å². The van der Waals surface area contributed by atoms with Gasteiger partial charge >= 0.3 is 0 Å². The van der Waals surface area contributed by atoms with E-state index in [2.05, 4.69) is 20.8 Å². The van der Waals surface area contributed by atoms with E-state index < -0.39 is 0 Å². The summed E-state index contributed by atoms with van der Waals surface area (Å²) >= 11 is 0. The fourth-order valence-electron chi connectivity index (χ4n) is 1.81. The standard InChI is InChI=1S/C10H16N4O/c15-10(6-8-3-5-12-14-8)13-9-2-1-4-11-7-9/h3,5,9,11H,1-2,4,6-7H2,(H,12,14)(H,13,15)/t9-/m0/s1. The molecule has 15 heavy (non-hydrogen) atoms. The first-order valence-electron chi connectivity index (χ1n) is 5.33. The van der Waals surface area contributed by atoms with Gasteiger partial charge < -0.3 is 10.6 Å². The Morgan fingerprint density at radius 1 is 1.67 bits per heavy atom. The predicted octanol–water partition coefficient (Wildman–Crippen LogP) is -0.180. The molecule has 82 valence electrons. The van der Waals surface area contributed by atoms with E-state index in [4.69, 9.17) is 0 Å². The largest absolute Gasteiger partial charge is 0.352 e. The molecule has 1 aromatic rings. The van der Waals surface area contributed by atoms with Crippen molar-refractivity contribution in [2.45, 2.75) is 25.3 Å². The molecule has 1 aliphatic heterocycles. The van der Waals surface area contributed by atoms with E-state index in [1.54, 1.807) is 6.20 Å². The van der Waals surface area contributed by atoms with Crippen LogP contribution in [0.3, 0.4) is 0 Å². The van der Waals surface area contributed by atoms with E-state index in [-0.39, 0.29) is 11.9 Å². The lowest BCUT2D eigenvalue weighted by atomic mass is 10.1. The number of aromatic nitrogens is 2. The van der Waals surface area contributed by atoms with E-state index in [0.29, 0.717) is 6.42 Å². The highest BCUT2D eigenvalue weighted by atomic mass is 16.1. The molecule has 0 aromatic carbocycles. The fourth-order valence-corrected chi connectivity index (χ4v) is 1.81. The molecule has 1 saturated heterocycles. The molecule has 5 heteroatoms. The minimum absolute atomic E-state index is 0.0629. The second-order valence-corrected chi connectivity index (χ2v) is 3.87. The highest BCUT2D eigenvalue weighted by molar-refractivity contribution is 5.78. The van der Waals surface area contributed by atoms with Gasteiger partial charge in [0.25, 0.3) is 0 Å². The zero-order chi connectivity index (χ0) is 10.5. The van der Waals surface area contributed by atoms with Crippen molar-refractivity contribution >= 4 is 5.91 Å². The maximum absolute atomic E-state index is 11.6. The first-order valence-corrected chi connectivity index (χ1v) is 5.33. The van der Waals surface area contributed by atoms with E-state index >= 15 is 0 Å². The molecular weight excluding hydrogens is 192 g/mol. The number of carbonyl (C=O) groups is 1. The summed E-state index contributed by atoms with van der Waals surface area (Å²) in [5, 5.41) is 12.9. The number of nitrogens with one attached hydrogen (secondary N) is 3. The molecule has 0 unspecified atom stereocenters. The molecule has 5 nitrogen and oxygen atoms in total. The summed E-state index contributed by atoms with van der Waals surface area (Å²) < 4.78 is 0. The summed E-state index contributed by atoms with van der Waals surface area (Å²) in [4.78, 5) is 11.6. The number of carbonyl (C=O) groups excluding carboxylic acids is 1. The summed E-state index contributed by atoms with van der Waals surface area (Å²) in [7, 11) is 0. The van der Waals surface area contributed by atoms with Crippen LogP contribution in [0.1, 0.15) is 18.5 Å². The second-order valence-electron chi connectivity index (χ2n) is 3.87. The number of hydrogen-bond donors (Lipinski definition) is 3. The molecule has 0 spiro atoms. The highest BCUT2D eigenvalue weighted by Gasteiger charge is 2.15. The molecule has 1 amide bonds. The Balaban J connectivity index is 1.76. The van der Waals surface area contributed by atoms with Gasteiger partial charge in [-0.25, -0.2) is 0 Å².